The zero-order valence-electron chi connectivity index (χ0n) is 19.4. The number of Topliss-reactive ketones (excluding diaryl/α,β-unsaturated/α-hetero) is 1. The molecule has 3 rings (SSSR count). The highest BCUT2D eigenvalue weighted by Crippen LogP contribution is 2.33. The first-order valence-electron chi connectivity index (χ1n) is 11.2. The van der Waals surface area contributed by atoms with Gasteiger partial charge in [-0.15, -0.1) is 11.3 Å². The van der Waals surface area contributed by atoms with E-state index in [1.165, 1.54) is 11.0 Å². The van der Waals surface area contributed by atoms with Gasteiger partial charge in [0.1, 0.15) is 11.7 Å². The Hall–Kier alpha value is -2.98. The van der Waals surface area contributed by atoms with Crippen LogP contribution in [0.15, 0.2) is 54.6 Å². The molecule has 0 aliphatic heterocycles. The third kappa shape index (κ3) is 6.29. The Balaban J connectivity index is 1.68. The predicted molar refractivity (Wildman–Crippen MR) is 134 cm³/mol. The number of hydrogen-bond acceptors (Lipinski definition) is 5. The molecular formula is C28H30O4S. The van der Waals surface area contributed by atoms with Gasteiger partial charge < -0.3 is 9.84 Å². The van der Waals surface area contributed by atoms with Gasteiger partial charge in [0.25, 0.3) is 0 Å². The fourth-order valence-electron chi connectivity index (χ4n) is 3.92. The van der Waals surface area contributed by atoms with Crippen LogP contribution in [0.4, 0.5) is 0 Å². The molecule has 5 heteroatoms. The molecule has 3 aromatic rings. The van der Waals surface area contributed by atoms with E-state index in [-0.39, 0.29) is 24.9 Å². The summed E-state index contributed by atoms with van der Waals surface area (Å²) in [5, 5.41) is 9.31. The minimum atomic E-state index is -0.377. The van der Waals surface area contributed by atoms with Gasteiger partial charge in [-0.3, -0.25) is 4.79 Å². The molecule has 0 aliphatic rings. The Morgan fingerprint density at radius 1 is 1.15 bits per heavy atom. The number of thiophene rings is 1. The van der Waals surface area contributed by atoms with Crippen molar-refractivity contribution in [2.45, 2.75) is 40.0 Å². The van der Waals surface area contributed by atoms with Crippen LogP contribution in [0.2, 0.25) is 0 Å². The molecule has 0 amide bonds. The monoisotopic (exact) mass is 462 g/mol. The number of ether oxygens (including phenoxy) is 1. The standard InChI is InChI=1S/C28H30O4S/c1-4-26-24(23-8-6-5-7-9-23)16-27(33-26)25(31)11-10-21-14-19(2)28(20(3)15-21)32-18-22(17-30)12-13-29/h5-9,12,14-16,22,30H,4,10-11,17-18H2,1-3H3. The van der Waals surface area contributed by atoms with Crippen molar-refractivity contribution in [1.29, 1.82) is 0 Å². The lowest BCUT2D eigenvalue weighted by Crippen LogP contribution is -2.15. The number of rotatable bonds is 11. The molecule has 2 aromatic carbocycles. The van der Waals surface area contributed by atoms with Crippen molar-refractivity contribution in [2.75, 3.05) is 13.2 Å². The van der Waals surface area contributed by atoms with E-state index in [9.17, 15) is 14.7 Å². The van der Waals surface area contributed by atoms with Gasteiger partial charge in [0.2, 0.25) is 0 Å². The van der Waals surface area contributed by atoms with E-state index in [0.29, 0.717) is 12.8 Å². The number of benzene rings is 2. The molecular weight excluding hydrogens is 432 g/mol. The highest BCUT2D eigenvalue weighted by atomic mass is 32.1. The quantitative estimate of drug-likeness (QED) is 0.290. The molecule has 1 unspecified atom stereocenters. The van der Waals surface area contributed by atoms with Gasteiger partial charge >= 0.3 is 0 Å². The fourth-order valence-corrected chi connectivity index (χ4v) is 5.01. The molecule has 0 fully saturated rings. The summed E-state index contributed by atoms with van der Waals surface area (Å²) in [5.74, 6) is 2.25. The molecule has 172 valence electrons. The molecule has 0 saturated heterocycles. The number of carbonyl (C=O) groups excluding carboxylic acids is 2. The van der Waals surface area contributed by atoms with Gasteiger partial charge in [0, 0.05) is 23.3 Å². The molecule has 4 nitrogen and oxygen atoms in total. The molecule has 0 bridgehead atoms. The first kappa shape index (κ1) is 24.7. The number of aliphatic hydroxyl groups is 1. The lowest BCUT2D eigenvalue weighted by Gasteiger charge is -2.16. The highest BCUT2D eigenvalue weighted by molar-refractivity contribution is 7.14. The van der Waals surface area contributed by atoms with Crippen LogP contribution in [-0.2, 0) is 17.6 Å². The van der Waals surface area contributed by atoms with E-state index >= 15 is 0 Å². The van der Waals surface area contributed by atoms with Gasteiger partial charge in [-0.25, -0.2) is 4.79 Å². The van der Waals surface area contributed by atoms with Crippen LogP contribution in [0.25, 0.3) is 11.1 Å². The lowest BCUT2D eigenvalue weighted by atomic mass is 10.00. The second-order valence-corrected chi connectivity index (χ2v) is 9.32. The van der Waals surface area contributed by atoms with Crippen LogP contribution in [0, 0.1) is 19.8 Å². The Morgan fingerprint density at radius 3 is 2.45 bits per heavy atom. The van der Waals surface area contributed by atoms with Crippen molar-refractivity contribution in [3.8, 4) is 16.9 Å². The van der Waals surface area contributed by atoms with E-state index in [2.05, 4.69) is 19.1 Å². The second-order valence-electron chi connectivity index (χ2n) is 8.19. The summed E-state index contributed by atoms with van der Waals surface area (Å²) in [4.78, 5) is 25.6. The Bertz CT molecular complexity index is 1120. The SMILES string of the molecule is CCc1sc(C(=O)CCc2cc(C)c(OCC(C=C=O)CO)c(C)c2)cc1-c1ccccc1. The summed E-state index contributed by atoms with van der Waals surface area (Å²) in [5.41, 5.74) is 5.34. The van der Waals surface area contributed by atoms with Crippen LogP contribution in [-0.4, -0.2) is 30.0 Å². The number of ketones is 1. The summed E-state index contributed by atoms with van der Waals surface area (Å²) < 4.78 is 5.86. The average molecular weight is 463 g/mol. The topological polar surface area (TPSA) is 63.6 Å². The maximum Gasteiger partial charge on any atom is 0.173 e. The van der Waals surface area contributed by atoms with E-state index in [4.69, 9.17) is 4.74 Å². The number of aliphatic hydroxyl groups excluding tert-OH is 1. The molecule has 0 spiro atoms. The molecule has 1 aromatic heterocycles. The van der Waals surface area contributed by atoms with E-state index in [1.54, 1.807) is 17.3 Å². The lowest BCUT2D eigenvalue weighted by molar-refractivity contribution is 0.0986. The van der Waals surface area contributed by atoms with Crippen molar-refractivity contribution in [2.24, 2.45) is 5.92 Å². The molecule has 0 saturated carbocycles. The smallest absolute Gasteiger partial charge is 0.173 e. The maximum absolute atomic E-state index is 13.0. The van der Waals surface area contributed by atoms with Crippen LogP contribution < -0.4 is 4.74 Å². The number of hydrogen-bond donors (Lipinski definition) is 1. The Morgan fingerprint density at radius 2 is 1.85 bits per heavy atom. The van der Waals surface area contributed by atoms with Crippen molar-refractivity contribution in [3.05, 3.63) is 81.1 Å². The van der Waals surface area contributed by atoms with Crippen LogP contribution in [0.5, 0.6) is 5.75 Å². The van der Waals surface area contributed by atoms with Crippen LogP contribution >= 0.6 is 11.3 Å². The third-order valence-electron chi connectivity index (χ3n) is 5.63. The van der Waals surface area contributed by atoms with E-state index in [0.717, 1.165) is 44.9 Å². The van der Waals surface area contributed by atoms with Gasteiger partial charge in [0.05, 0.1) is 18.1 Å². The summed E-state index contributed by atoms with van der Waals surface area (Å²) in [7, 11) is 0. The second kappa shape index (κ2) is 11.8. The zero-order chi connectivity index (χ0) is 23.8. The van der Waals surface area contributed by atoms with Gasteiger partial charge in [0.15, 0.2) is 5.78 Å². The van der Waals surface area contributed by atoms with E-state index < -0.39 is 0 Å². The summed E-state index contributed by atoms with van der Waals surface area (Å²) in [6.45, 7) is 6.11. The van der Waals surface area contributed by atoms with Gasteiger partial charge in [-0.05, 0) is 60.6 Å². The largest absolute Gasteiger partial charge is 0.492 e. The average Bonchev–Trinajstić information content (AvgIpc) is 3.26. The van der Waals surface area contributed by atoms with Gasteiger partial charge in [-0.1, -0.05) is 49.4 Å². The normalized spacial score (nSPS) is 11.6. The van der Waals surface area contributed by atoms with Crippen LogP contribution in [0.1, 0.15) is 44.6 Å². The summed E-state index contributed by atoms with van der Waals surface area (Å²) in [6.07, 6.45) is 3.30. The van der Waals surface area contributed by atoms with Crippen molar-refractivity contribution >= 4 is 23.1 Å². The predicted octanol–water partition coefficient (Wildman–Crippen LogP) is 5.78. The highest BCUT2D eigenvalue weighted by Gasteiger charge is 2.16. The molecule has 1 heterocycles. The first-order chi connectivity index (χ1) is 16.0. The molecule has 1 atom stereocenters. The maximum atomic E-state index is 13.0. The molecule has 0 aliphatic carbocycles. The third-order valence-corrected chi connectivity index (χ3v) is 6.95. The molecule has 0 radical (unpaired) electrons. The minimum Gasteiger partial charge on any atom is -0.492 e. The number of aryl methyl sites for hydroxylation is 4. The molecule has 33 heavy (non-hydrogen) atoms. The molecule has 1 N–H and O–H groups in total. The zero-order valence-corrected chi connectivity index (χ0v) is 20.2. The van der Waals surface area contributed by atoms with Crippen molar-refractivity contribution < 1.29 is 19.4 Å². The van der Waals surface area contributed by atoms with Crippen LogP contribution in [0.3, 0.4) is 0 Å². The Kier molecular flexibility index (Phi) is 8.79. The summed E-state index contributed by atoms with van der Waals surface area (Å²) in [6, 6.07) is 16.3. The van der Waals surface area contributed by atoms with Crippen molar-refractivity contribution in [3.63, 3.8) is 0 Å². The fraction of sp³-hybridized carbons (Fsp3) is 0.321. The Labute approximate surface area is 199 Å². The summed E-state index contributed by atoms with van der Waals surface area (Å²) >= 11 is 1.60. The first-order valence-corrected chi connectivity index (χ1v) is 12.0. The minimum absolute atomic E-state index is 0.165. The number of carbonyl (C=O) groups is 1. The van der Waals surface area contributed by atoms with E-state index in [1.807, 2.05) is 50.2 Å². The van der Waals surface area contributed by atoms with Gasteiger partial charge in [-0.2, -0.15) is 0 Å². The van der Waals surface area contributed by atoms with Crippen molar-refractivity contribution in [1.82, 2.24) is 0 Å².